The van der Waals surface area contributed by atoms with Crippen LogP contribution in [0.25, 0.3) is 0 Å². The predicted octanol–water partition coefficient (Wildman–Crippen LogP) is 2.29. The highest BCUT2D eigenvalue weighted by Gasteiger charge is 2.15. The number of thioether (sulfide) groups is 1. The van der Waals surface area contributed by atoms with E-state index in [2.05, 4.69) is 12.0 Å². The second-order valence-electron chi connectivity index (χ2n) is 3.00. The molecule has 0 spiro atoms. The summed E-state index contributed by atoms with van der Waals surface area (Å²) in [6.45, 7) is 3.90. The molecular weight excluding hydrogens is 154 g/mol. The largest absolute Gasteiger partial charge is 0.198 e. The predicted molar refractivity (Wildman–Crippen MR) is 50.2 cm³/mol. The van der Waals surface area contributed by atoms with Gasteiger partial charge in [-0.3, -0.25) is 0 Å². The quantitative estimate of drug-likeness (QED) is 0.474. The third-order valence-corrected chi connectivity index (χ3v) is 2.22. The second-order valence-corrected chi connectivity index (χ2v) is 4.11. The van der Waals surface area contributed by atoms with Gasteiger partial charge in [-0.15, -0.1) is 18.2 Å². The summed E-state index contributed by atoms with van der Waals surface area (Å²) in [7, 11) is 0. The van der Waals surface area contributed by atoms with Crippen LogP contribution < -0.4 is 0 Å². The molecule has 0 heterocycles. The van der Waals surface area contributed by atoms with Gasteiger partial charge in [-0.25, -0.2) is 0 Å². The normalized spacial score (nSPS) is 10.2. The summed E-state index contributed by atoms with van der Waals surface area (Å²) < 4.78 is 0. The van der Waals surface area contributed by atoms with Crippen molar-refractivity contribution in [3.8, 4) is 18.4 Å². The lowest BCUT2D eigenvalue weighted by molar-refractivity contribution is 0.482. The molecular formula is C9H13NS. The fourth-order valence-electron chi connectivity index (χ4n) is 0.514. The van der Waals surface area contributed by atoms with Crippen molar-refractivity contribution in [2.45, 2.75) is 20.3 Å². The van der Waals surface area contributed by atoms with Crippen LogP contribution in [-0.4, -0.2) is 11.5 Å². The minimum absolute atomic E-state index is 0.193. The van der Waals surface area contributed by atoms with Crippen LogP contribution in [0.3, 0.4) is 0 Å². The van der Waals surface area contributed by atoms with E-state index in [-0.39, 0.29) is 5.41 Å². The van der Waals surface area contributed by atoms with E-state index in [4.69, 9.17) is 11.7 Å². The molecule has 0 saturated heterocycles. The standard InChI is InChI=1S/C9H13NS/c1-4-6-11-7-5-9(2,3)8-10/h1H,5-7H2,2-3H3. The molecule has 0 N–H and O–H groups in total. The van der Waals surface area contributed by atoms with Crippen LogP contribution in [0.2, 0.25) is 0 Å². The Kier molecular flexibility index (Phi) is 4.83. The molecule has 0 aliphatic rings. The summed E-state index contributed by atoms with van der Waals surface area (Å²) in [4.78, 5) is 0. The zero-order valence-electron chi connectivity index (χ0n) is 7.05. The van der Waals surface area contributed by atoms with Gasteiger partial charge in [0.1, 0.15) is 0 Å². The van der Waals surface area contributed by atoms with Gasteiger partial charge in [-0.1, -0.05) is 5.92 Å². The summed E-state index contributed by atoms with van der Waals surface area (Å²) >= 11 is 1.71. The third kappa shape index (κ3) is 5.83. The first-order valence-corrected chi connectivity index (χ1v) is 4.70. The van der Waals surface area contributed by atoms with Crippen molar-refractivity contribution in [1.29, 1.82) is 5.26 Å². The maximum Gasteiger partial charge on any atom is 0.0684 e. The SMILES string of the molecule is C#CCSCCC(C)(C)C#N. The molecule has 0 radical (unpaired) electrons. The highest BCUT2D eigenvalue weighted by Crippen LogP contribution is 2.20. The number of nitriles is 1. The Balaban J connectivity index is 3.42. The van der Waals surface area contributed by atoms with Gasteiger partial charge in [0.2, 0.25) is 0 Å². The highest BCUT2D eigenvalue weighted by molar-refractivity contribution is 7.99. The average Bonchev–Trinajstić information content (AvgIpc) is 1.99. The summed E-state index contributed by atoms with van der Waals surface area (Å²) in [6.07, 6.45) is 5.99. The fraction of sp³-hybridized carbons (Fsp3) is 0.667. The molecule has 0 amide bonds. The molecule has 0 aromatic rings. The van der Waals surface area contributed by atoms with Gasteiger partial charge < -0.3 is 0 Å². The molecule has 0 saturated carbocycles. The molecule has 0 unspecified atom stereocenters. The second kappa shape index (κ2) is 5.10. The van der Waals surface area contributed by atoms with Crippen molar-refractivity contribution >= 4 is 11.8 Å². The lowest BCUT2D eigenvalue weighted by Crippen LogP contribution is -2.08. The van der Waals surface area contributed by atoms with E-state index in [9.17, 15) is 0 Å². The van der Waals surface area contributed by atoms with E-state index in [1.807, 2.05) is 13.8 Å². The van der Waals surface area contributed by atoms with Crippen molar-refractivity contribution < 1.29 is 0 Å². The van der Waals surface area contributed by atoms with Gasteiger partial charge in [-0.05, 0) is 26.0 Å². The Labute approximate surface area is 73.2 Å². The molecule has 0 fully saturated rings. The monoisotopic (exact) mass is 167 g/mol. The minimum Gasteiger partial charge on any atom is -0.198 e. The first kappa shape index (κ1) is 10.4. The lowest BCUT2D eigenvalue weighted by Gasteiger charge is -2.13. The topological polar surface area (TPSA) is 23.8 Å². The van der Waals surface area contributed by atoms with Gasteiger partial charge in [0.05, 0.1) is 17.2 Å². The van der Waals surface area contributed by atoms with Crippen LogP contribution in [0.5, 0.6) is 0 Å². The zero-order chi connectivity index (χ0) is 8.74. The Hall–Kier alpha value is -0.600. The van der Waals surface area contributed by atoms with Crippen molar-refractivity contribution in [2.75, 3.05) is 11.5 Å². The summed E-state index contributed by atoms with van der Waals surface area (Å²) in [5.41, 5.74) is -0.193. The van der Waals surface area contributed by atoms with E-state index in [1.165, 1.54) is 0 Å². The molecule has 60 valence electrons. The van der Waals surface area contributed by atoms with E-state index in [1.54, 1.807) is 11.8 Å². The lowest BCUT2D eigenvalue weighted by atomic mass is 9.93. The van der Waals surface area contributed by atoms with Gasteiger partial charge in [-0.2, -0.15) is 5.26 Å². The summed E-state index contributed by atoms with van der Waals surface area (Å²) in [6, 6.07) is 2.25. The minimum atomic E-state index is -0.193. The molecule has 0 aromatic carbocycles. The number of nitrogens with zero attached hydrogens (tertiary/aromatic N) is 1. The third-order valence-electron chi connectivity index (χ3n) is 1.36. The highest BCUT2D eigenvalue weighted by atomic mass is 32.2. The van der Waals surface area contributed by atoms with Gasteiger partial charge in [0.25, 0.3) is 0 Å². The van der Waals surface area contributed by atoms with E-state index in [0.29, 0.717) is 0 Å². The van der Waals surface area contributed by atoms with E-state index in [0.717, 1.165) is 17.9 Å². The molecule has 0 atom stereocenters. The average molecular weight is 167 g/mol. The smallest absolute Gasteiger partial charge is 0.0684 e. The molecule has 1 nitrogen and oxygen atoms in total. The van der Waals surface area contributed by atoms with E-state index >= 15 is 0 Å². The van der Waals surface area contributed by atoms with E-state index < -0.39 is 0 Å². The van der Waals surface area contributed by atoms with Gasteiger partial charge >= 0.3 is 0 Å². The Morgan fingerprint density at radius 2 is 2.18 bits per heavy atom. The van der Waals surface area contributed by atoms with Crippen molar-refractivity contribution in [3.05, 3.63) is 0 Å². The molecule has 0 bridgehead atoms. The molecule has 0 aromatic heterocycles. The summed E-state index contributed by atoms with van der Waals surface area (Å²) in [5, 5.41) is 8.65. The fourth-order valence-corrected chi connectivity index (χ4v) is 1.43. The number of hydrogen-bond donors (Lipinski definition) is 0. The van der Waals surface area contributed by atoms with Crippen LogP contribution in [-0.2, 0) is 0 Å². The Bertz CT molecular complexity index is 183. The zero-order valence-corrected chi connectivity index (χ0v) is 7.87. The molecule has 0 rings (SSSR count). The Morgan fingerprint density at radius 3 is 2.64 bits per heavy atom. The van der Waals surface area contributed by atoms with Crippen LogP contribution in [0.1, 0.15) is 20.3 Å². The van der Waals surface area contributed by atoms with Gasteiger partial charge in [0.15, 0.2) is 0 Å². The van der Waals surface area contributed by atoms with Crippen molar-refractivity contribution in [1.82, 2.24) is 0 Å². The molecule has 2 heteroatoms. The summed E-state index contributed by atoms with van der Waals surface area (Å²) in [5.74, 6) is 4.28. The first-order valence-electron chi connectivity index (χ1n) is 3.55. The maximum atomic E-state index is 8.65. The number of rotatable bonds is 4. The molecule has 0 aliphatic carbocycles. The molecule has 11 heavy (non-hydrogen) atoms. The van der Waals surface area contributed by atoms with Crippen molar-refractivity contribution in [2.24, 2.45) is 5.41 Å². The van der Waals surface area contributed by atoms with Crippen LogP contribution in [0.4, 0.5) is 0 Å². The first-order chi connectivity index (χ1) is 5.12. The number of hydrogen-bond acceptors (Lipinski definition) is 2. The molecule has 0 aliphatic heterocycles. The number of terminal acetylenes is 1. The van der Waals surface area contributed by atoms with Crippen LogP contribution in [0, 0.1) is 29.1 Å². The van der Waals surface area contributed by atoms with Crippen LogP contribution in [0.15, 0.2) is 0 Å². The van der Waals surface area contributed by atoms with Crippen molar-refractivity contribution in [3.63, 3.8) is 0 Å². The van der Waals surface area contributed by atoms with Gasteiger partial charge in [0, 0.05) is 0 Å². The van der Waals surface area contributed by atoms with Crippen LogP contribution >= 0.6 is 11.8 Å². The Morgan fingerprint density at radius 1 is 1.55 bits per heavy atom. The maximum absolute atomic E-state index is 8.65.